The Morgan fingerprint density at radius 2 is 2.39 bits per heavy atom. The predicted octanol–water partition coefficient (Wildman–Crippen LogP) is 0.913. The molecule has 1 fully saturated rings. The molecule has 1 aromatic rings. The lowest BCUT2D eigenvalue weighted by atomic mass is 10.0. The van der Waals surface area contributed by atoms with Crippen LogP contribution in [0.25, 0.3) is 0 Å². The van der Waals surface area contributed by atoms with Crippen molar-refractivity contribution in [3.05, 3.63) is 28.2 Å². The van der Waals surface area contributed by atoms with Gasteiger partial charge in [0.15, 0.2) is 0 Å². The molecule has 0 bridgehead atoms. The average molecular weight is 315 g/mol. The zero-order chi connectivity index (χ0) is 13.2. The van der Waals surface area contributed by atoms with Crippen LogP contribution < -0.4 is 11.1 Å². The van der Waals surface area contributed by atoms with Crippen LogP contribution in [0.3, 0.4) is 0 Å². The monoisotopic (exact) mass is 314 g/mol. The quantitative estimate of drug-likeness (QED) is 0.724. The van der Waals surface area contributed by atoms with E-state index in [9.17, 15) is 9.90 Å². The maximum Gasteiger partial charge on any atom is 0.253 e. The second-order valence-corrected chi connectivity index (χ2v) is 5.36. The van der Waals surface area contributed by atoms with E-state index in [1.165, 1.54) is 0 Å². The van der Waals surface area contributed by atoms with Gasteiger partial charge in [-0.1, -0.05) is 15.9 Å². The van der Waals surface area contributed by atoms with Crippen molar-refractivity contribution in [2.45, 2.75) is 12.0 Å². The summed E-state index contributed by atoms with van der Waals surface area (Å²) in [6.07, 6.45) is 0.529. The Kier molecular flexibility index (Phi) is 3.89. The third-order valence-corrected chi connectivity index (χ3v) is 3.41. The number of nitrogens with one attached hydrogen (secondary N) is 1. The van der Waals surface area contributed by atoms with E-state index in [1.807, 2.05) is 0 Å². The van der Waals surface area contributed by atoms with Crippen LogP contribution in [0.5, 0.6) is 0 Å². The van der Waals surface area contributed by atoms with E-state index in [-0.39, 0.29) is 19.1 Å². The van der Waals surface area contributed by atoms with E-state index in [0.717, 1.165) is 4.47 Å². The fourth-order valence-corrected chi connectivity index (χ4v) is 2.16. The molecule has 0 spiro atoms. The first-order valence-corrected chi connectivity index (χ1v) is 6.43. The zero-order valence-corrected chi connectivity index (χ0v) is 11.4. The summed E-state index contributed by atoms with van der Waals surface area (Å²) < 4.78 is 5.89. The third kappa shape index (κ3) is 3.01. The smallest absolute Gasteiger partial charge is 0.253 e. The van der Waals surface area contributed by atoms with Gasteiger partial charge in [-0.3, -0.25) is 4.79 Å². The average Bonchev–Trinajstić information content (AvgIpc) is 2.77. The fraction of sp³-hybridized carbons (Fsp3) is 0.417. The molecule has 2 rings (SSSR count). The van der Waals surface area contributed by atoms with Crippen molar-refractivity contribution in [3.63, 3.8) is 0 Å². The molecule has 6 heteroatoms. The van der Waals surface area contributed by atoms with Gasteiger partial charge in [0.2, 0.25) is 0 Å². The number of rotatable bonds is 3. The topological polar surface area (TPSA) is 84.6 Å². The van der Waals surface area contributed by atoms with Gasteiger partial charge < -0.3 is 20.9 Å². The van der Waals surface area contributed by atoms with Crippen molar-refractivity contribution < 1.29 is 14.6 Å². The summed E-state index contributed by atoms with van der Waals surface area (Å²) >= 11 is 3.29. The van der Waals surface area contributed by atoms with Gasteiger partial charge in [0.25, 0.3) is 5.91 Å². The lowest BCUT2D eigenvalue weighted by Gasteiger charge is -2.20. The van der Waals surface area contributed by atoms with E-state index in [4.69, 9.17) is 10.5 Å². The summed E-state index contributed by atoms with van der Waals surface area (Å²) in [5.41, 5.74) is 5.58. The molecule has 1 atom stereocenters. The molecule has 98 valence electrons. The summed E-state index contributed by atoms with van der Waals surface area (Å²) in [4.78, 5) is 12.0. The van der Waals surface area contributed by atoms with Crippen LogP contribution in [0, 0.1) is 0 Å². The summed E-state index contributed by atoms with van der Waals surface area (Å²) in [5.74, 6) is -0.297. The maximum absolute atomic E-state index is 12.0. The van der Waals surface area contributed by atoms with Gasteiger partial charge in [-0.15, -0.1) is 0 Å². The highest BCUT2D eigenvalue weighted by atomic mass is 79.9. The van der Waals surface area contributed by atoms with Crippen molar-refractivity contribution >= 4 is 27.5 Å². The lowest BCUT2D eigenvalue weighted by molar-refractivity contribution is 0.0265. The maximum atomic E-state index is 12.0. The number of benzene rings is 1. The highest BCUT2D eigenvalue weighted by Crippen LogP contribution is 2.20. The van der Waals surface area contributed by atoms with Crippen LogP contribution in [0.1, 0.15) is 16.8 Å². The molecule has 0 saturated carbocycles. The highest BCUT2D eigenvalue weighted by molar-refractivity contribution is 9.10. The first-order chi connectivity index (χ1) is 8.50. The lowest BCUT2D eigenvalue weighted by Crippen LogP contribution is -2.43. The predicted molar refractivity (Wildman–Crippen MR) is 71.3 cm³/mol. The standard InChI is InChI=1S/C12H15BrN2O3/c13-8-1-2-10(14)9(5-8)11(16)15-6-12(17)3-4-18-7-12/h1-2,5,17H,3-4,6-7,14H2,(H,15,16). The normalized spacial score (nSPS) is 23.0. The van der Waals surface area contributed by atoms with Gasteiger partial charge in [-0.2, -0.15) is 0 Å². The van der Waals surface area contributed by atoms with Crippen LogP contribution >= 0.6 is 15.9 Å². The van der Waals surface area contributed by atoms with Crippen LogP contribution in [-0.4, -0.2) is 36.4 Å². The molecule has 1 unspecified atom stereocenters. The molecule has 0 aliphatic carbocycles. The second kappa shape index (κ2) is 5.26. The zero-order valence-electron chi connectivity index (χ0n) is 9.78. The molecule has 5 nitrogen and oxygen atoms in total. The number of aliphatic hydroxyl groups is 1. The van der Waals surface area contributed by atoms with E-state index < -0.39 is 5.60 Å². The largest absolute Gasteiger partial charge is 0.398 e. The number of nitrogen functional groups attached to an aromatic ring is 1. The number of nitrogens with two attached hydrogens (primary N) is 1. The van der Waals surface area contributed by atoms with Crippen molar-refractivity contribution in [2.75, 3.05) is 25.5 Å². The Bertz CT molecular complexity index is 459. The number of halogens is 1. The minimum Gasteiger partial charge on any atom is -0.398 e. The van der Waals surface area contributed by atoms with Crippen molar-refractivity contribution in [2.24, 2.45) is 0 Å². The van der Waals surface area contributed by atoms with Crippen molar-refractivity contribution in [1.29, 1.82) is 0 Å². The minimum absolute atomic E-state index is 0.164. The first-order valence-electron chi connectivity index (χ1n) is 5.63. The number of hydrogen-bond acceptors (Lipinski definition) is 4. The number of carbonyl (C=O) groups is 1. The summed E-state index contributed by atoms with van der Waals surface area (Å²) in [7, 11) is 0. The Morgan fingerprint density at radius 3 is 3.06 bits per heavy atom. The molecule has 0 aromatic heterocycles. The van der Waals surface area contributed by atoms with Gasteiger partial charge >= 0.3 is 0 Å². The molecular formula is C12H15BrN2O3. The van der Waals surface area contributed by atoms with Crippen LogP contribution in [0.2, 0.25) is 0 Å². The SMILES string of the molecule is Nc1ccc(Br)cc1C(=O)NCC1(O)CCOC1. The van der Waals surface area contributed by atoms with E-state index >= 15 is 0 Å². The Hall–Kier alpha value is -1.11. The van der Waals surface area contributed by atoms with E-state index in [0.29, 0.717) is 24.3 Å². The van der Waals surface area contributed by atoms with Gasteiger partial charge in [-0.05, 0) is 18.2 Å². The molecule has 1 aromatic carbocycles. The van der Waals surface area contributed by atoms with Crippen LogP contribution in [0.15, 0.2) is 22.7 Å². The number of carbonyl (C=O) groups excluding carboxylic acids is 1. The van der Waals surface area contributed by atoms with Gasteiger partial charge in [0.05, 0.1) is 12.2 Å². The number of hydrogen-bond donors (Lipinski definition) is 3. The molecule has 1 saturated heterocycles. The van der Waals surface area contributed by atoms with Crippen molar-refractivity contribution in [1.82, 2.24) is 5.32 Å². The molecular weight excluding hydrogens is 300 g/mol. The van der Waals surface area contributed by atoms with Gasteiger partial charge in [0.1, 0.15) is 5.60 Å². The molecule has 4 N–H and O–H groups in total. The van der Waals surface area contributed by atoms with E-state index in [2.05, 4.69) is 21.2 Å². The molecule has 1 amide bonds. The van der Waals surface area contributed by atoms with Gasteiger partial charge in [0, 0.05) is 29.7 Å². The Labute approximate surface area is 113 Å². The fourth-order valence-electron chi connectivity index (χ4n) is 1.80. The third-order valence-electron chi connectivity index (χ3n) is 2.92. The van der Waals surface area contributed by atoms with E-state index in [1.54, 1.807) is 18.2 Å². The molecule has 1 aliphatic rings. The van der Waals surface area contributed by atoms with Crippen LogP contribution in [0.4, 0.5) is 5.69 Å². The van der Waals surface area contributed by atoms with Crippen LogP contribution in [-0.2, 0) is 4.74 Å². The Balaban J connectivity index is 2.01. The molecule has 1 heterocycles. The molecule has 18 heavy (non-hydrogen) atoms. The molecule has 0 radical (unpaired) electrons. The highest BCUT2D eigenvalue weighted by Gasteiger charge is 2.32. The summed E-state index contributed by atoms with van der Waals surface area (Å²) in [6.45, 7) is 0.935. The Morgan fingerprint density at radius 1 is 1.61 bits per heavy atom. The first kappa shape index (κ1) is 13.3. The molecule has 1 aliphatic heterocycles. The van der Waals surface area contributed by atoms with Crippen molar-refractivity contribution in [3.8, 4) is 0 Å². The number of anilines is 1. The number of ether oxygens (including phenoxy) is 1. The summed E-state index contributed by atoms with van der Waals surface area (Å²) in [6, 6.07) is 5.08. The minimum atomic E-state index is -0.962. The van der Waals surface area contributed by atoms with Gasteiger partial charge in [-0.25, -0.2) is 0 Å². The summed E-state index contributed by atoms with van der Waals surface area (Å²) in [5, 5.41) is 12.7. The number of amides is 1. The second-order valence-electron chi connectivity index (χ2n) is 4.44.